The molecule has 0 radical (unpaired) electrons. The molecule has 12 heterocycles. The highest BCUT2D eigenvalue weighted by atomic mass is 35.5. The van der Waals surface area contributed by atoms with Crippen LogP contribution in [-0.4, -0.2) is 92.0 Å². The van der Waals surface area contributed by atoms with E-state index in [4.69, 9.17) is 79.2 Å². The number of thiophene rings is 1. The van der Waals surface area contributed by atoms with Crippen molar-refractivity contribution in [2.75, 3.05) is 41.0 Å². The van der Waals surface area contributed by atoms with Crippen molar-refractivity contribution in [2.24, 2.45) is 20.0 Å². The van der Waals surface area contributed by atoms with Gasteiger partial charge in [-0.15, -0.1) is 22.7 Å². The molecule has 0 saturated heterocycles. The molecule has 0 aliphatic carbocycles. The van der Waals surface area contributed by atoms with Gasteiger partial charge in [0.05, 0.1) is 21.6 Å². The number of aliphatic imine (C=N–C) groups is 4. The number of benzene rings is 6. The van der Waals surface area contributed by atoms with Crippen LogP contribution in [0.15, 0.2) is 132 Å². The van der Waals surface area contributed by atoms with E-state index in [1.54, 1.807) is 65.9 Å². The molecule has 0 spiro atoms. The minimum atomic E-state index is -0.569. The Balaban J connectivity index is 0.000000115. The molecule has 5 aromatic heterocycles. The van der Waals surface area contributed by atoms with Crippen LogP contribution >= 0.6 is 34.3 Å². The summed E-state index contributed by atoms with van der Waals surface area (Å²) < 4.78 is 38.8. The predicted octanol–water partition coefficient (Wildman–Crippen LogP) is 17.8. The molecule has 25 heteroatoms. The lowest BCUT2D eigenvalue weighted by molar-refractivity contribution is 0.0878. The van der Waals surface area contributed by atoms with E-state index in [1.165, 1.54) is 38.2 Å². The lowest BCUT2D eigenvalue weighted by atomic mass is 10.0. The molecule has 0 saturated carbocycles. The molecular weight excluding hydrogens is 1430 g/mol. The lowest BCUT2D eigenvalue weighted by Gasteiger charge is -2.10. The monoisotopic (exact) mass is 1530 g/mol. The number of aliphatic hydroxyl groups excluding tert-OH is 1. The van der Waals surface area contributed by atoms with Crippen LogP contribution in [0, 0.1) is 0 Å². The second-order valence-electron chi connectivity index (χ2n) is 27.9. The summed E-state index contributed by atoms with van der Waals surface area (Å²) in [5, 5.41) is 16.5. The minimum absolute atomic E-state index is 0.154. The largest absolute Gasteiger partial charge is 0.490 e. The second-order valence-corrected chi connectivity index (χ2v) is 30.2. The first-order valence-electron chi connectivity index (χ1n) is 37.9. The van der Waals surface area contributed by atoms with Crippen LogP contribution in [0.5, 0.6) is 28.7 Å². The van der Waals surface area contributed by atoms with Crippen molar-refractivity contribution in [3.05, 3.63) is 158 Å². The van der Waals surface area contributed by atoms with Gasteiger partial charge in [0, 0.05) is 172 Å². The molecule has 7 aliphatic heterocycles. The fraction of sp³-hybridized carbons (Fsp3) is 0.369. The number of aromatic nitrogens is 4. The summed E-state index contributed by atoms with van der Waals surface area (Å²) in [6.07, 6.45) is 24.1. The zero-order valence-corrected chi connectivity index (χ0v) is 65.2. The molecule has 18 rings (SSSR count). The minimum Gasteiger partial charge on any atom is -0.490 e. The number of thiazole rings is 1. The first-order valence-corrected chi connectivity index (χ1v) is 40.0. The normalized spacial score (nSPS) is 17.8. The molecule has 7 aliphatic rings. The average Bonchev–Trinajstić information content (AvgIpc) is 1.60. The van der Waals surface area contributed by atoms with E-state index in [9.17, 15) is 4.79 Å². The number of carbonyl (C=O) groups excluding carboxylic acids is 1. The molecule has 0 bridgehead atoms. The van der Waals surface area contributed by atoms with Crippen molar-refractivity contribution in [3.63, 3.8) is 0 Å². The van der Waals surface area contributed by atoms with Gasteiger partial charge in [-0.3, -0.25) is 24.8 Å². The number of Topliss-reactive ketones (excluding diaryl/α,β-unsaturated/α-hetero) is 1. The number of nitrogens with two attached hydrogens (primary N) is 6. The Labute approximate surface area is 648 Å². The van der Waals surface area contributed by atoms with E-state index in [0.717, 1.165) is 192 Å². The first kappa shape index (κ1) is 76.8. The van der Waals surface area contributed by atoms with Crippen LogP contribution in [-0.2, 0) is 45.2 Å². The number of unbranched alkanes of at least 4 members (excludes halogenated alkanes) is 2. The highest BCUT2D eigenvalue weighted by molar-refractivity contribution is 7.13. The number of nitrogen functional groups attached to an aromatic ring is 6. The summed E-state index contributed by atoms with van der Waals surface area (Å²) in [6.45, 7) is 16.1. The average molecular weight is 1530 g/mol. The van der Waals surface area contributed by atoms with Gasteiger partial charge in [0.25, 0.3) is 0 Å². The van der Waals surface area contributed by atoms with Crippen molar-refractivity contribution in [2.45, 2.75) is 194 Å². The van der Waals surface area contributed by atoms with E-state index >= 15 is 0 Å². The molecule has 5 atom stereocenters. The summed E-state index contributed by atoms with van der Waals surface area (Å²) >= 11 is 9.74. The van der Waals surface area contributed by atoms with Gasteiger partial charge in [-0.25, -0.2) is 9.97 Å². The number of ketones is 1. The number of carbonyl (C=O) groups is 1. The van der Waals surface area contributed by atoms with E-state index in [2.05, 4.69) is 125 Å². The quantitative estimate of drug-likeness (QED) is 0.0329. The summed E-state index contributed by atoms with van der Waals surface area (Å²) in [4.78, 5) is 38.5. The van der Waals surface area contributed by atoms with E-state index in [1.807, 2.05) is 52.4 Å². The Hall–Kier alpha value is -10.4. The number of hydrogen-bond donors (Lipinski definition) is 7. The molecule has 570 valence electrons. The Morgan fingerprint density at radius 1 is 0.532 bits per heavy atom. The lowest BCUT2D eigenvalue weighted by Crippen LogP contribution is -2.10. The van der Waals surface area contributed by atoms with Crippen molar-refractivity contribution in [1.82, 2.24) is 19.1 Å². The summed E-state index contributed by atoms with van der Waals surface area (Å²) in [5.41, 5.74) is 53.2. The van der Waals surface area contributed by atoms with Crippen LogP contribution in [0.3, 0.4) is 0 Å². The third kappa shape index (κ3) is 16.6. The highest BCUT2D eigenvalue weighted by Crippen LogP contribution is 2.45. The Bertz CT molecular complexity index is 4980. The number of imidazole rings is 1. The Morgan fingerprint density at radius 2 is 1.03 bits per heavy atom. The van der Waals surface area contributed by atoms with E-state index in [-0.39, 0.29) is 36.4 Å². The van der Waals surface area contributed by atoms with Gasteiger partial charge < -0.3 is 76.7 Å². The fourth-order valence-corrected chi connectivity index (χ4v) is 16.2. The van der Waals surface area contributed by atoms with Crippen molar-refractivity contribution < 1.29 is 38.0 Å². The van der Waals surface area contributed by atoms with Crippen LogP contribution in [0.2, 0.25) is 5.02 Å². The number of furan rings is 1. The number of halogens is 1. The molecule has 13 N–H and O–H groups in total. The summed E-state index contributed by atoms with van der Waals surface area (Å²) in [7, 11) is 0. The highest BCUT2D eigenvalue weighted by Gasteiger charge is 2.31. The van der Waals surface area contributed by atoms with Crippen LogP contribution in [0.1, 0.15) is 168 Å². The topological polar surface area (TPSA) is 338 Å². The number of aliphatic hydroxyl groups is 1. The van der Waals surface area contributed by atoms with Gasteiger partial charge in [-0.05, 0) is 133 Å². The Kier molecular flexibility index (Phi) is 24.3. The standard InChI is InChI=1S/C16H21ClN2O.C15H17N3O3.C14H15NOS.2C13H15N3O.C13H14N2OS/c1-3-5-8-19-15-11(14(17)16(19)18)6-7-13-12(15)9-10(4-2)20-13;1-2-3-6-18-14-9-7-13(11(20)8-19)21-12(9)5-4-10(14)17-15(18)16;1-2-10-6-9-7-11(14-4-3-5-17-14)12(15)8-13(9)16-10;2*1-2-9-5-8-6-10(13-15-3-4-16-13)11(14)7-12(8)17-9;1-2-9-5-8-6-10(13-15-3-4-17-13)11(14)7-12(8)16-9/h6-7,10H,3-5,8-9,18H2,1-2H3;4-5,7,19H,2-3,6,8H2,1H3,(H2,16,17);3-5,7-8,10H,2,6,15H2,1H3;2*3-4,6-7,9,13H,2,5,14H2,1H3;3-4,6-7,9H,2,5,14H2,1H3. The van der Waals surface area contributed by atoms with Gasteiger partial charge in [0.2, 0.25) is 11.7 Å². The van der Waals surface area contributed by atoms with Gasteiger partial charge in [0.1, 0.15) is 82.3 Å². The molecule has 0 amide bonds. The first-order chi connectivity index (χ1) is 52.9. The number of nitrogens with zero attached hydrogens (tertiary/aromatic N) is 8. The SMILES string of the molecule is CCC1Cc2cc(-c3cccs3)c(N)cc2O1.CCC1Cc2cc(-c3nccs3)c(N)cc2O1.CCC1Cc2cc(C3N=CC=N3)c(N)cc2O1.CCC1Cc2cc(C3N=CC=N3)c(N)cc2O1.CCCCn1c(N)c(Cl)c2ccc3c(c21)CC(CC)O3.CCCCn1c(N)nc2ccc3oc(C(=O)CO)cc3c21. The van der Waals surface area contributed by atoms with E-state index in [0.29, 0.717) is 46.0 Å². The van der Waals surface area contributed by atoms with Crippen LogP contribution < -0.4 is 58.1 Å². The fourth-order valence-electron chi connectivity index (χ4n) is 14.5. The zero-order valence-electron chi connectivity index (χ0n) is 62.8. The second kappa shape index (κ2) is 34.4. The molecule has 11 aromatic rings. The van der Waals surface area contributed by atoms with Crippen LogP contribution in [0.4, 0.5) is 34.5 Å². The van der Waals surface area contributed by atoms with Crippen LogP contribution in [0.25, 0.3) is 53.9 Å². The van der Waals surface area contributed by atoms with Gasteiger partial charge in [0.15, 0.2) is 18.1 Å². The van der Waals surface area contributed by atoms with Crippen molar-refractivity contribution in [3.8, 4) is 49.8 Å². The van der Waals surface area contributed by atoms with Crippen molar-refractivity contribution in [1.29, 1.82) is 0 Å². The zero-order chi connectivity index (χ0) is 76.6. The number of anilines is 6. The number of hydrogen-bond acceptors (Lipinski definition) is 22. The third-order valence-electron chi connectivity index (χ3n) is 20.6. The molecule has 5 unspecified atom stereocenters. The maximum Gasteiger partial charge on any atom is 0.223 e. The maximum atomic E-state index is 11.6. The van der Waals surface area contributed by atoms with E-state index < -0.39 is 12.4 Å². The van der Waals surface area contributed by atoms with Gasteiger partial charge in [-0.2, -0.15) is 0 Å². The smallest absolute Gasteiger partial charge is 0.223 e. The molecule has 22 nitrogen and oxygen atoms in total. The maximum absolute atomic E-state index is 11.6. The third-order valence-corrected chi connectivity index (χ3v) is 22.7. The summed E-state index contributed by atoms with van der Waals surface area (Å²) in [6, 6.07) is 29.7. The molecule has 0 fully saturated rings. The van der Waals surface area contributed by atoms with Gasteiger partial charge >= 0.3 is 0 Å². The Morgan fingerprint density at radius 3 is 1.52 bits per heavy atom. The number of rotatable bonds is 17. The molecular formula is C84H97ClN14O8S2. The number of aryl methyl sites for hydroxylation is 2. The molecule has 6 aromatic carbocycles. The predicted molar refractivity (Wildman–Crippen MR) is 446 cm³/mol. The van der Waals surface area contributed by atoms with Gasteiger partial charge in [-0.1, -0.05) is 79.0 Å². The number of fused-ring (bicyclic) bond motifs is 10. The number of ether oxygens (including phenoxy) is 5. The van der Waals surface area contributed by atoms with Crippen molar-refractivity contribution >= 4 is 132 Å². The molecule has 109 heavy (non-hydrogen) atoms. The summed E-state index contributed by atoms with van der Waals surface area (Å²) in [5.74, 6) is 5.60.